The zero-order valence-electron chi connectivity index (χ0n) is 47.9. The summed E-state index contributed by atoms with van der Waals surface area (Å²) in [5.41, 5.74) is 0. The highest BCUT2D eigenvalue weighted by Gasteiger charge is 2.17. The van der Waals surface area contributed by atoms with E-state index >= 15 is 0 Å². The predicted octanol–water partition coefficient (Wildman–Crippen LogP) is 17.0. The number of rotatable bonds is 51. The van der Waals surface area contributed by atoms with Crippen LogP contribution in [0.1, 0.15) is 226 Å². The van der Waals surface area contributed by atoms with Crippen molar-refractivity contribution in [1.82, 2.24) is 15.1 Å². The van der Waals surface area contributed by atoms with Crippen LogP contribution in [0.4, 0.5) is 4.79 Å². The van der Waals surface area contributed by atoms with Crippen LogP contribution in [0.15, 0.2) is 97.2 Å². The van der Waals surface area contributed by atoms with E-state index in [0.29, 0.717) is 26.0 Å². The number of carbonyl (C=O) groups excluding carboxylic acids is 3. The van der Waals surface area contributed by atoms with Gasteiger partial charge in [0.25, 0.3) is 0 Å². The Morgan fingerprint density at radius 3 is 1.22 bits per heavy atom. The van der Waals surface area contributed by atoms with E-state index < -0.39 is 0 Å². The molecule has 73 heavy (non-hydrogen) atoms. The molecule has 9 nitrogen and oxygen atoms in total. The van der Waals surface area contributed by atoms with Crippen LogP contribution < -0.4 is 5.32 Å². The molecule has 2 unspecified atom stereocenters. The van der Waals surface area contributed by atoms with E-state index in [1.54, 1.807) is 0 Å². The highest BCUT2D eigenvalue weighted by atomic mass is 16.6. The average molecular weight is 1020 g/mol. The SMILES string of the molecule is CCCCC/C=C\C/C=C\C/C=C\C/C=C\CCCC(=O)OCCCCCCC(CCCCCC(CCCN(C)C)OC(=O)CCC/C=C\C/C=C\C/C=C\C/C=C\CCCCC)OC(=O)NCCCN(C)C. The topological polar surface area (TPSA) is 97.4 Å². The van der Waals surface area contributed by atoms with Gasteiger partial charge < -0.3 is 29.3 Å². The lowest BCUT2D eigenvalue weighted by atomic mass is 10.0. The van der Waals surface area contributed by atoms with Crippen LogP contribution in [0.3, 0.4) is 0 Å². The first-order valence-corrected chi connectivity index (χ1v) is 29.5. The van der Waals surface area contributed by atoms with E-state index in [2.05, 4.69) is 140 Å². The van der Waals surface area contributed by atoms with Crippen LogP contribution in [0, 0.1) is 0 Å². The predicted molar refractivity (Wildman–Crippen MR) is 313 cm³/mol. The van der Waals surface area contributed by atoms with Gasteiger partial charge in [-0.1, -0.05) is 156 Å². The summed E-state index contributed by atoms with van der Waals surface area (Å²) >= 11 is 0. The van der Waals surface area contributed by atoms with Crippen molar-refractivity contribution >= 4 is 18.0 Å². The fourth-order valence-corrected chi connectivity index (χ4v) is 8.04. The summed E-state index contributed by atoms with van der Waals surface area (Å²) < 4.78 is 17.5. The van der Waals surface area contributed by atoms with Gasteiger partial charge in [-0.05, 0) is 195 Å². The van der Waals surface area contributed by atoms with Gasteiger partial charge in [0.15, 0.2) is 0 Å². The minimum atomic E-state index is -0.339. The lowest BCUT2D eigenvalue weighted by Gasteiger charge is -2.20. The quantitative estimate of drug-likeness (QED) is 0.0279. The molecule has 0 heterocycles. The Hall–Kier alpha value is -3.95. The smallest absolute Gasteiger partial charge is 0.407 e. The molecule has 0 fully saturated rings. The molecule has 0 saturated carbocycles. The second-order valence-corrected chi connectivity index (χ2v) is 20.2. The largest absolute Gasteiger partial charge is 0.466 e. The number of esters is 2. The summed E-state index contributed by atoms with van der Waals surface area (Å²) in [6.45, 7) is 7.40. The van der Waals surface area contributed by atoms with Crippen molar-refractivity contribution in [3.8, 4) is 0 Å². The molecule has 0 aliphatic carbocycles. The molecule has 2 atom stereocenters. The van der Waals surface area contributed by atoms with Gasteiger partial charge in [-0.15, -0.1) is 0 Å². The second kappa shape index (κ2) is 55.8. The molecule has 0 spiro atoms. The van der Waals surface area contributed by atoms with Crippen molar-refractivity contribution in [2.24, 2.45) is 0 Å². The Balaban J connectivity index is 4.57. The Labute approximate surface area is 449 Å². The number of ether oxygens (including phenoxy) is 3. The molecular weight excluding hydrogens is 907 g/mol. The van der Waals surface area contributed by atoms with Gasteiger partial charge in [0.2, 0.25) is 0 Å². The van der Waals surface area contributed by atoms with Crippen LogP contribution in [-0.2, 0) is 23.8 Å². The van der Waals surface area contributed by atoms with E-state index in [-0.39, 0.29) is 30.2 Å². The van der Waals surface area contributed by atoms with E-state index in [1.807, 2.05) is 14.1 Å². The molecule has 0 rings (SSSR count). The molecule has 0 radical (unpaired) electrons. The van der Waals surface area contributed by atoms with E-state index in [4.69, 9.17) is 14.2 Å². The van der Waals surface area contributed by atoms with Gasteiger partial charge in [0.1, 0.15) is 12.2 Å². The minimum Gasteiger partial charge on any atom is -0.466 e. The molecule has 0 aliphatic heterocycles. The number of nitrogens with one attached hydrogen (secondary N) is 1. The first-order valence-electron chi connectivity index (χ1n) is 29.5. The summed E-state index contributed by atoms with van der Waals surface area (Å²) in [5, 5.41) is 2.94. The van der Waals surface area contributed by atoms with Crippen LogP contribution >= 0.6 is 0 Å². The lowest BCUT2D eigenvalue weighted by Crippen LogP contribution is -2.31. The molecule has 1 N–H and O–H groups in total. The number of carbonyl (C=O) groups is 3. The molecule has 0 aromatic carbocycles. The van der Waals surface area contributed by atoms with Gasteiger partial charge in [0, 0.05) is 19.4 Å². The van der Waals surface area contributed by atoms with Crippen molar-refractivity contribution in [2.45, 2.75) is 238 Å². The van der Waals surface area contributed by atoms with E-state index in [1.165, 1.54) is 51.4 Å². The standard InChI is InChI=1S/C64H111N3O6/c1-7-9-11-13-15-17-19-21-23-25-27-29-31-33-35-37-45-54-62(68)71-59-47-40-39-42-51-61(73-64(70)65-56-49-58-67(5)6)52-44-41-43-50-60(53-48-57-66(3)4)72-63(69)55-46-38-36-34-32-30-28-26-24-22-20-18-16-14-12-10-8-2/h15-18,21-24,27-30,33-36,60-61H,7-14,19-20,25-26,31-32,37-59H2,1-6H3,(H,65,70)/b17-15-,18-16-,23-21-,24-22-,29-27-,30-28-,35-33-,36-34-. The Bertz CT molecular complexity index is 1510. The highest BCUT2D eigenvalue weighted by Crippen LogP contribution is 2.19. The summed E-state index contributed by atoms with van der Waals surface area (Å²) in [6.07, 6.45) is 67.0. The number of hydrogen-bond donors (Lipinski definition) is 1. The van der Waals surface area contributed by atoms with Crippen molar-refractivity contribution in [2.75, 3.05) is 54.4 Å². The minimum absolute atomic E-state index is 0.0704. The fourth-order valence-electron chi connectivity index (χ4n) is 8.04. The molecule has 0 aromatic heterocycles. The summed E-state index contributed by atoms with van der Waals surface area (Å²) in [6, 6.07) is 0. The Kier molecular flexibility index (Phi) is 52.8. The monoisotopic (exact) mass is 1020 g/mol. The number of amides is 1. The third-order valence-corrected chi connectivity index (χ3v) is 12.4. The van der Waals surface area contributed by atoms with E-state index in [9.17, 15) is 14.4 Å². The van der Waals surface area contributed by atoms with Crippen molar-refractivity contribution in [1.29, 1.82) is 0 Å². The zero-order valence-corrected chi connectivity index (χ0v) is 47.9. The Morgan fingerprint density at radius 2 is 0.767 bits per heavy atom. The lowest BCUT2D eigenvalue weighted by molar-refractivity contribution is -0.150. The van der Waals surface area contributed by atoms with Gasteiger partial charge in [0.05, 0.1) is 6.61 Å². The maximum atomic E-state index is 12.9. The number of nitrogens with zero attached hydrogens (tertiary/aromatic N) is 2. The van der Waals surface area contributed by atoms with Gasteiger partial charge in [-0.25, -0.2) is 4.79 Å². The number of hydrogen-bond acceptors (Lipinski definition) is 8. The van der Waals surface area contributed by atoms with Gasteiger partial charge in [-0.2, -0.15) is 0 Å². The summed E-state index contributed by atoms with van der Waals surface area (Å²) in [4.78, 5) is 42.3. The van der Waals surface area contributed by atoms with Crippen molar-refractivity contribution in [3.05, 3.63) is 97.2 Å². The number of allylic oxidation sites excluding steroid dienone is 16. The van der Waals surface area contributed by atoms with Crippen LogP contribution in [0.25, 0.3) is 0 Å². The van der Waals surface area contributed by atoms with Crippen LogP contribution in [0.5, 0.6) is 0 Å². The van der Waals surface area contributed by atoms with Crippen LogP contribution in [-0.4, -0.2) is 94.5 Å². The molecular formula is C64H111N3O6. The van der Waals surface area contributed by atoms with Gasteiger partial charge in [-0.3, -0.25) is 9.59 Å². The molecule has 0 bridgehead atoms. The third-order valence-electron chi connectivity index (χ3n) is 12.4. The highest BCUT2D eigenvalue weighted by molar-refractivity contribution is 5.69. The fraction of sp³-hybridized carbons (Fsp3) is 0.703. The molecule has 1 amide bonds. The molecule has 418 valence electrons. The third kappa shape index (κ3) is 55.6. The summed E-state index contributed by atoms with van der Waals surface area (Å²) in [5.74, 6) is -0.212. The number of alkyl carbamates (subject to hydrolysis) is 1. The Morgan fingerprint density at radius 1 is 0.397 bits per heavy atom. The normalized spacial score (nSPS) is 13.3. The molecule has 0 saturated heterocycles. The first-order chi connectivity index (χ1) is 35.7. The molecule has 9 heteroatoms. The maximum absolute atomic E-state index is 12.9. The number of unbranched alkanes of at least 4 members (excludes halogenated alkanes) is 13. The van der Waals surface area contributed by atoms with Crippen molar-refractivity contribution < 1.29 is 28.6 Å². The zero-order chi connectivity index (χ0) is 53.3. The summed E-state index contributed by atoms with van der Waals surface area (Å²) in [7, 11) is 8.22. The van der Waals surface area contributed by atoms with E-state index in [0.717, 1.165) is 161 Å². The van der Waals surface area contributed by atoms with Crippen molar-refractivity contribution in [3.63, 3.8) is 0 Å². The molecule has 0 aliphatic rings. The maximum Gasteiger partial charge on any atom is 0.407 e. The molecule has 0 aromatic rings. The first kappa shape index (κ1) is 69.0. The second-order valence-electron chi connectivity index (χ2n) is 20.2. The van der Waals surface area contributed by atoms with Crippen LogP contribution in [0.2, 0.25) is 0 Å². The average Bonchev–Trinajstić information content (AvgIpc) is 3.36. The van der Waals surface area contributed by atoms with Gasteiger partial charge >= 0.3 is 18.0 Å².